The molecule has 1 atom stereocenters. The summed E-state index contributed by atoms with van der Waals surface area (Å²) in [5.41, 5.74) is 4.31. The highest BCUT2D eigenvalue weighted by atomic mass is 35.5. The van der Waals surface area contributed by atoms with Crippen molar-refractivity contribution in [3.8, 4) is 0 Å². The fourth-order valence-electron chi connectivity index (χ4n) is 3.30. The monoisotopic (exact) mass is 369 g/mol. The Morgan fingerprint density at radius 1 is 1.31 bits per heavy atom. The number of benzene rings is 1. The molecule has 1 unspecified atom stereocenters. The van der Waals surface area contributed by atoms with Crippen LogP contribution in [0.15, 0.2) is 65.6 Å². The first-order valence-corrected chi connectivity index (χ1v) is 8.72. The van der Waals surface area contributed by atoms with Gasteiger partial charge in [-0.1, -0.05) is 11.6 Å². The molecule has 3 N–H and O–H groups in total. The van der Waals surface area contributed by atoms with Gasteiger partial charge >= 0.3 is 0 Å². The number of amides is 1. The van der Waals surface area contributed by atoms with Gasteiger partial charge in [0.2, 0.25) is 0 Å². The molecule has 1 aromatic carbocycles. The van der Waals surface area contributed by atoms with Crippen LogP contribution >= 0.6 is 11.6 Å². The molecule has 2 aliphatic rings. The van der Waals surface area contributed by atoms with Gasteiger partial charge < -0.3 is 15.6 Å². The summed E-state index contributed by atoms with van der Waals surface area (Å²) in [6, 6.07) is 8.30. The Balaban J connectivity index is 1.49. The Morgan fingerprint density at radius 2 is 2.19 bits per heavy atom. The highest BCUT2D eigenvalue weighted by Gasteiger charge is 2.34. The standard InChI is InChI=1S/C20H17ClFN3O/c21-13-6-12(7-14(22)8-13)11-24-16-3-4-19-17(9-16)18(20(26)25-19)10-15-2-1-5-23-15/h1-8,10,17,23-24H,9,11H2,(H,25,26)/b18-10-. The highest BCUT2D eigenvalue weighted by Crippen LogP contribution is 2.35. The second kappa shape index (κ2) is 6.84. The SMILES string of the molecule is O=C1NC2=CC=C(NCc3cc(F)cc(Cl)c3)CC2/C1=C/c1ccc[nH]1. The molecule has 0 radical (unpaired) electrons. The van der Waals surface area contributed by atoms with Crippen LogP contribution in [-0.4, -0.2) is 10.9 Å². The van der Waals surface area contributed by atoms with Gasteiger partial charge in [-0.05, 0) is 60.5 Å². The number of fused-ring (bicyclic) bond motifs is 1. The molecule has 6 heteroatoms. The Kier molecular flexibility index (Phi) is 4.39. The summed E-state index contributed by atoms with van der Waals surface area (Å²) < 4.78 is 13.5. The predicted octanol–water partition coefficient (Wildman–Crippen LogP) is 3.90. The third-order valence-corrected chi connectivity index (χ3v) is 4.75. The number of H-pyrrole nitrogens is 1. The molecule has 1 aliphatic carbocycles. The Bertz CT molecular complexity index is 924. The summed E-state index contributed by atoms with van der Waals surface area (Å²) >= 11 is 5.90. The maximum absolute atomic E-state index is 13.5. The molecule has 1 amide bonds. The topological polar surface area (TPSA) is 56.9 Å². The van der Waals surface area contributed by atoms with Crippen molar-refractivity contribution >= 4 is 23.6 Å². The fourth-order valence-corrected chi connectivity index (χ4v) is 3.54. The van der Waals surface area contributed by atoms with E-state index in [1.807, 2.05) is 36.6 Å². The molecular weight excluding hydrogens is 353 g/mol. The molecule has 132 valence electrons. The maximum atomic E-state index is 13.5. The van der Waals surface area contributed by atoms with Crippen molar-refractivity contribution < 1.29 is 9.18 Å². The number of hydrogen-bond acceptors (Lipinski definition) is 2. The number of carbonyl (C=O) groups is 1. The lowest BCUT2D eigenvalue weighted by molar-refractivity contribution is -0.115. The van der Waals surface area contributed by atoms with Gasteiger partial charge in [0, 0.05) is 46.3 Å². The van der Waals surface area contributed by atoms with E-state index < -0.39 is 0 Å². The molecule has 4 nitrogen and oxygen atoms in total. The molecule has 26 heavy (non-hydrogen) atoms. The number of rotatable bonds is 4. The lowest BCUT2D eigenvalue weighted by Crippen LogP contribution is -2.19. The van der Waals surface area contributed by atoms with Crippen LogP contribution in [0, 0.1) is 11.7 Å². The third kappa shape index (κ3) is 3.44. The van der Waals surface area contributed by atoms with Gasteiger partial charge in [-0.3, -0.25) is 4.79 Å². The second-order valence-corrected chi connectivity index (χ2v) is 6.82. The molecular formula is C20H17ClFN3O. The van der Waals surface area contributed by atoms with Crippen molar-refractivity contribution in [2.45, 2.75) is 13.0 Å². The van der Waals surface area contributed by atoms with Gasteiger partial charge in [-0.2, -0.15) is 0 Å². The second-order valence-electron chi connectivity index (χ2n) is 6.38. The van der Waals surface area contributed by atoms with Crippen molar-refractivity contribution in [3.05, 3.63) is 87.7 Å². The number of nitrogens with one attached hydrogen (secondary N) is 3. The van der Waals surface area contributed by atoms with Crippen molar-refractivity contribution in [2.75, 3.05) is 0 Å². The number of aromatic nitrogens is 1. The minimum atomic E-state index is -0.351. The molecule has 1 aliphatic heterocycles. The summed E-state index contributed by atoms with van der Waals surface area (Å²) in [5, 5.41) is 6.62. The van der Waals surface area contributed by atoms with Crippen LogP contribution in [0.4, 0.5) is 4.39 Å². The number of carbonyl (C=O) groups excluding carboxylic acids is 1. The molecule has 0 bridgehead atoms. The van der Waals surface area contributed by atoms with Crippen LogP contribution < -0.4 is 10.6 Å². The smallest absolute Gasteiger partial charge is 0.252 e. The number of halogens is 2. The minimum absolute atomic E-state index is 0.00519. The Labute approximate surface area is 155 Å². The molecule has 0 spiro atoms. The van der Waals surface area contributed by atoms with E-state index in [2.05, 4.69) is 15.6 Å². The lowest BCUT2D eigenvalue weighted by Gasteiger charge is -2.20. The summed E-state index contributed by atoms with van der Waals surface area (Å²) in [4.78, 5) is 15.4. The van der Waals surface area contributed by atoms with Crippen LogP contribution in [0.5, 0.6) is 0 Å². The summed E-state index contributed by atoms with van der Waals surface area (Å²) in [6.07, 6.45) is 8.26. The number of hydrogen-bond donors (Lipinski definition) is 3. The van der Waals surface area contributed by atoms with E-state index in [0.717, 1.165) is 28.2 Å². The van der Waals surface area contributed by atoms with Gasteiger partial charge in [-0.25, -0.2) is 4.39 Å². The summed E-state index contributed by atoms with van der Waals surface area (Å²) in [7, 11) is 0. The first-order valence-electron chi connectivity index (χ1n) is 8.34. The summed E-state index contributed by atoms with van der Waals surface area (Å²) in [6.45, 7) is 0.469. The van der Waals surface area contributed by atoms with E-state index in [-0.39, 0.29) is 17.6 Å². The zero-order valence-electron chi connectivity index (χ0n) is 13.9. The average molecular weight is 370 g/mol. The van der Waals surface area contributed by atoms with Crippen LogP contribution in [0.25, 0.3) is 6.08 Å². The molecule has 1 fully saturated rings. The first kappa shape index (κ1) is 16.7. The zero-order valence-corrected chi connectivity index (χ0v) is 14.6. The normalized spacial score (nSPS) is 20.5. The van der Waals surface area contributed by atoms with Crippen molar-refractivity contribution in [1.29, 1.82) is 0 Å². The molecule has 1 aromatic heterocycles. The van der Waals surface area contributed by atoms with Gasteiger partial charge in [0.05, 0.1) is 0 Å². The van der Waals surface area contributed by atoms with Gasteiger partial charge in [0.25, 0.3) is 5.91 Å². The van der Waals surface area contributed by atoms with E-state index in [9.17, 15) is 9.18 Å². The molecule has 1 saturated heterocycles. The fraction of sp³-hybridized carbons (Fsp3) is 0.150. The lowest BCUT2D eigenvalue weighted by atomic mass is 9.90. The molecule has 2 aromatic rings. The van der Waals surface area contributed by atoms with Crippen molar-refractivity contribution in [1.82, 2.24) is 15.6 Å². The van der Waals surface area contributed by atoms with Gasteiger partial charge in [-0.15, -0.1) is 0 Å². The Morgan fingerprint density at radius 3 is 2.96 bits per heavy atom. The Hall–Kier alpha value is -2.79. The minimum Gasteiger partial charge on any atom is -0.384 e. The first-order chi connectivity index (χ1) is 12.6. The van der Waals surface area contributed by atoms with E-state index in [1.165, 1.54) is 12.1 Å². The number of allylic oxidation sites excluding steroid dienone is 4. The van der Waals surface area contributed by atoms with E-state index in [4.69, 9.17) is 11.6 Å². The molecule has 0 saturated carbocycles. The predicted molar refractivity (Wildman–Crippen MR) is 99.4 cm³/mol. The summed E-state index contributed by atoms with van der Waals surface area (Å²) in [5.74, 6) is -0.423. The van der Waals surface area contributed by atoms with E-state index >= 15 is 0 Å². The van der Waals surface area contributed by atoms with Crippen molar-refractivity contribution in [3.63, 3.8) is 0 Å². The zero-order chi connectivity index (χ0) is 18.1. The third-order valence-electron chi connectivity index (χ3n) is 4.53. The van der Waals surface area contributed by atoms with Gasteiger partial charge in [0.1, 0.15) is 5.82 Å². The van der Waals surface area contributed by atoms with Crippen LogP contribution in [0.1, 0.15) is 17.7 Å². The van der Waals surface area contributed by atoms with E-state index in [0.29, 0.717) is 18.0 Å². The van der Waals surface area contributed by atoms with Crippen LogP contribution in [-0.2, 0) is 11.3 Å². The number of aromatic amines is 1. The van der Waals surface area contributed by atoms with Crippen molar-refractivity contribution in [2.24, 2.45) is 5.92 Å². The van der Waals surface area contributed by atoms with Crippen LogP contribution in [0.2, 0.25) is 5.02 Å². The highest BCUT2D eigenvalue weighted by molar-refractivity contribution is 6.30. The molecule has 4 rings (SSSR count). The quantitative estimate of drug-likeness (QED) is 0.716. The largest absolute Gasteiger partial charge is 0.384 e. The van der Waals surface area contributed by atoms with Crippen LogP contribution in [0.3, 0.4) is 0 Å². The van der Waals surface area contributed by atoms with E-state index in [1.54, 1.807) is 6.07 Å². The molecule has 2 heterocycles. The maximum Gasteiger partial charge on any atom is 0.252 e. The van der Waals surface area contributed by atoms with Gasteiger partial charge in [0.15, 0.2) is 0 Å². The average Bonchev–Trinajstić information content (AvgIpc) is 3.21.